The molecule has 0 bridgehead atoms. The molecule has 4 rings (SSSR count). The summed E-state index contributed by atoms with van der Waals surface area (Å²) in [5, 5.41) is 1.12. The van der Waals surface area contributed by atoms with E-state index in [1.54, 1.807) is 7.11 Å². The zero-order valence-corrected chi connectivity index (χ0v) is 18.7. The number of carbonyl (C=O) groups excluding carboxylic acids is 1. The van der Waals surface area contributed by atoms with Gasteiger partial charge >= 0.3 is 0 Å². The molecule has 0 atom stereocenters. The predicted octanol–water partition coefficient (Wildman–Crippen LogP) is 4.74. The number of aromatic nitrogens is 1. The smallest absolute Gasteiger partial charge is 0.254 e. The van der Waals surface area contributed by atoms with E-state index in [2.05, 4.69) is 36.1 Å². The van der Waals surface area contributed by atoms with E-state index in [-0.39, 0.29) is 5.91 Å². The number of rotatable bonds is 7. The van der Waals surface area contributed by atoms with Crippen LogP contribution in [-0.4, -0.2) is 49.1 Å². The fourth-order valence-corrected chi connectivity index (χ4v) is 4.19. The maximum atomic E-state index is 13.4. The standard InChI is InChI=1S/C26H31N3O2/c1-19-6-9-21(10-7-19)26(30)29(14-15-31-3)18-23-17-22-16-20(2)8-11-24(22)27-25(23)28-12-4-5-13-28/h6-11,16-17H,4-5,12-15,18H2,1-3H3. The number of anilines is 1. The summed E-state index contributed by atoms with van der Waals surface area (Å²) in [4.78, 5) is 22.6. The highest BCUT2D eigenvalue weighted by Crippen LogP contribution is 2.28. The summed E-state index contributed by atoms with van der Waals surface area (Å²) in [7, 11) is 1.67. The second kappa shape index (κ2) is 9.48. The Balaban J connectivity index is 1.71. The molecule has 1 fully saturated rings. The van der Waals surface area contributed by atoms with Gasteiger partial charge in [0.25, 0.3) is 5.91 Å². The molecule has 1 aliphatic heterocycles. The van der Waals surface area contributed by atoms with Crippen LogP contribution in [-0.2, 0) is 11.3 Å². The SMILES string of the molecule is COCCN(Cc1cc2cc(C)ccc2nc1N1CCCC1)C(=O)c1ccc(C)cc1. The van der Waals surface area contributed by atoms with Gasteiger partial charge in [-0.25, -0.2) is 4.98 Å². The predicted molar refractivity (Wildman–Crippen MR) is 126 cm³/mol. The molecule has 162 valence electrons. The van der Waals surface area contributed by atoms with Crippen molar-refractivity contribution in [3.05, 3.63) is 70.8 Å². The first-order valence-corrected chi connectivity index (χ1v) is 11.1. The van der Waals surface area contributed by atoms with Crippen LogP contribution < -0.4 is 4.90 Å². The van der Waals surface area contributed by atoms with Gasteiger partial charge in [-0.3, -0.25) is 4.79 Å². The molecule has 5 nitrogen and oxygen atoms in total. The third kappa shape index (κ3) is 4.88. The maximum Gasteiger partial charge on any atom is 0.254 e. The van der Waals surface area contributed by atoms with E-state index in [0.29, 0.717) is 25.3 Å². The molecule has 5 heteroatoms. The van der Waals surface area contributed by atoms with Gasteiger partial charge in [0, 0.05) is 49.8 Å². The highest BCUT2D eigenvalue weighted by atomic mass is 16.5. The molecule has 1 aromatic heterocycles. The molecule has 0 N–H and O–H groups in total. The molecule has 1 amide bonds. The van der Waals surface area contributed by atoms with Crippen LogP contribution in [0.1, 0.15) is 39.9 Å². The summed E-state index contributed by atoms with van der Waals surface area (Å²) >= 11 is 0. The van der Waals surface area contributed by atoms with E-state index in [0.717, 1.165) is 40.9 Å². The van der Waals surface area contributed by atoms with Crippen LogP contribution in [0.2, 0.25) is 0 Å². The Bertz CT molecular complexity index is 1060. The number of methoxy groups -OCH3 is 1. The van der Waals surface area contributed by atoms with E-state index < -0.39 is 0 Å². The van der Waals surface area contributed by atoms with Gasteiger partial charge in [0.1, 0.15) is 5.82 Å². The van der Waals surface area contributed by atoms with Gasteiger partial charge in [-0.2, -0.15) is 0 Å². The third-order valence-electron chi connectivity index (χ3n) is 5.94. The highest BCUT2D eigenvalue weighted by molar-refractivity contribution is 5.94. The largest absolute Gasteiger partial charge is 0.383 e. The molecule has 2 aromatic carbocycles. The van der Waals surface area contributed by atoms with Crippen LogP contribution in [0.3, 0.4) is 0 Å². The van der Waals surface area contributed by atoms with Crippen molar-refractivity contribution in [2.24, 2.45) is 0 Å². The van der Waals surface area contributed by atoms with Gasteiger partial charge in [-0.05, 0) is 57.0 Å². The fourth-order valence-electron chi connectivity index (χ4n) is 4.19. The van der Waals surface area contributed by atoms with Gasteiger partial charge in [-0.15, -0.1) is 0 Å². The lowest BCUT2D eigenvalue weighted by atomic mass is 10.1. The number of aryl methyl sites for hydroxylation is 2. The van der Waals surface area contributed by atoms with E-state index in [1.807, 2.05) is 36.1 Å². The lowest BCUT2D eigenvalue weighted by molar-refractivity contribution is 0.0680. The van der Waals surface area contributed by atoms with Gasteiger partial charge in [0.15, 0.2) is 0 Å². The van der Waals surface area contributed by atoms with E-state index in [4.69, 9.17) is 9.72 Å². The van der Waals surface area contributed by atoms with E-state index >= 15 is 0 Å². The van der Waals surface area contributed by atoms with Crippen molar-refractivity contribution in [2.75, 3.05) is 38.3 Å². The minimum Gasteiger partial charge on any atom is -0.383 e. The molecule has 0 radical (unpaired) electrons. The topological polar surface area (TPSA) is 45.7 Å². The Kier molecular flexibility index (Phi) is 6.52. The monoisotopic (exact) mass is 417 g/mol. The molecule has 3 aromatic rings. The Morgan fingerprint density at radius 3 is 2.45 bits per heavy atom. The van der Waals surface area contributed by atoms with Crippen molar-refractivity contribution in [3.63, 3.8) is 0 Å². The van der Waals surface area contributed by atoms with Crippen molar-refractivity contribution in [3.8, 4) is 0 Å². The average molecular weight is 418 g/mol. The van der Waals surface area contributed by atoms with E-state index in [1.165, 1.54) is 18.4 Å². The number of benzene rings is 2. The Morgan fingerprint density at radius 1 is 1.03 bits per heavy atom. The molecular formula is C26H31N3O2. The molecule has 31 heavy (non-hydrogen) atoms. The van der Waals surface area contributed by atoms with Crippen LogP contribution in [0.5, 0.6) is 0 Å². The molecule has 0 unspecified atom stereocenters. The number of hydrogen-bond acceptors (Lipinski definition) is 4. The number of pyridine rings is 1. The summed E-state index contributed by atoms with van der Waals surface area (Å²) in [6.45, 7) is 7.70. The van der Waals surface area contributed by atoms with Crippen molar-refractivity contribution in [2.45, 2.75) is 33.2 Å². The van der Waals surface area contributed by atoms with Crippen LogP contribution in [0.25, 0.3) is 10.9 Å². The zero-order valence-electron chi connectivity index (χ0n) is 18.7. The first-order chi connectivity index (χ1) is 15.0. The minimum absolute atomic E-state index is 0.0220. The molecule has 1 aliphatic rings. The van der Waals surface area contributed by atoms with Crippen molar-refractivity contribution in [1.82, 2.24) is 9.88 Å². The fraction of sp³-hybridized carbons (Fsp3) is 0.385. The van der Waals surface area contributed by atoms with Crippen molar-refractivity contribution < 1.29 is 9.53 Å². The number of carbonyl (C=O) groups is 1. The zero-order chi connectivity index (χ0) is 21.8. The molecule has 0 aliphatic carbocycles. The Hall–Kier alpha value is -2.92. The summed E-state index contributed by atoms with van der Waals surface area (Å²) in [5.74, 6) is 1.03. The molecular weight excluding hydrogens is 386 g/mol. The lowest BCUT2D eigenvalue weighted by Gasteiger charge is -2.27. The minimum atomic E-state index is 0.0220. The normalized spacial score (nSPS) is 13.7. The van der Waals surface area contributed by atoms with Gasteiger partial charge in [0.05, 0.1) is 12.1 Å². The summed E-state index contributed by atoms with van der Waals surface area (Å²) in [6, 6.07) is 16.4. The van der Waals surface area contributed by atoms with Crippen LogP contribution in [0, 0.1) is 13.8 Å². The van der Waals surface area contributed by atoms with Gasteiger partial charge in [-0.1, -0.05) is 29.3 Å². The Morgan fingerprint density at radius 2 is 1.74 bits per heavy atom. The summed E-state index contributed by atoms with van der Waals surface area (Å²) in [5.41, 5.74) is 5.15. The van der Waals surface area contributed by atoms with Crippen molar-refractivity contribution >= 4 is 22.6 Å². The lowest BCUT2D eigenvalue weighted by Crippen LogP contribution is -2.34. The van der Waals surface area contributed by atoms with Crippen molar-refractivity contribution in [1.29, 1.82) is 0 Å². The van der Waals surface area contributed by atoms with Crippen LogP contribution >= 0.6 is 0 Å². The first-order valence-electron chi connectivity index (χ1n) is 11.1. The second-order valence-corrected chi connectivity index (χ2v) is 8.45. The maximum absolute atomic E-state index is 13.4. The van der Waals surface area contributed by atoms with Crippen LogP contribution in [0.15, 0.2) is 48.5 Å². The quantitative estimate of drug-likeness (QED) is 0.557. The molecule has 0 spiro atoms. The number of nitrogens with zero attached hydrogens (tertiary/aromatic N) is 3. The van der Waals surface area contributed by atoms with Gasteiger partial charge in [0.2, 0.25) is 0 Å². The molecule has 0 saturated carbocycles. The molecule has 2 heterocycles. The number of fused-ring (bicyclic) bond motifs is 1. The Labute approximate surface area is 184 Å². The van der Waals surface area contributed by atoms with Crippen LogP contribution in [0.4, 0.5) is 5.82 Å². The van der Waals surface area contributed by atoms with E-state index in [9.17, 15) is 4.79 Å². The third-order valence-corrected chi connectivity index (χ3v) is 5.94. The number of ether oxygens (including phenoxy) is 1. The second-order valence-electron chi connectivity index (χ2n) is 8.45. The number of amides is 1. The van der Waals surface area contributed by atoms with Gasteiger partial charge < -0.3 is 14.5 Å². The summed E-state index contributed by atoms with van der Waals surface area (Å²) < 4.78 is 5.31. The highest BCUT2D eigenvalue weighted by Gasteiger charge is 2.22. The molecule has 1 saturated heterocycles. The first kappa shape index (κ1) is 21.3. The average Bonchev–Trinajstić information content (AvgIpc) is 3.31. The number of hydrogen-bond donors (Lipinski definition) is 0. The summed E-state index contributed by atoms with van der Waals surface area (Å²) in [6.07, 6.45) is 2.37.